The van der Waals surface area contributed by atoms with E-state index in [9.17, 15) is 19.8 Å². The third-order valence-corrected chi connectivity index (χ3v) is 6.18. The number of ether oxygens (including phenoxy) is 3. The van der Waals surface area contributed by atoms with E-state index in [4.69, 9.17) is 25.8 Å². The van der Waals surface area contributed by atoms with Crippen LogP contribution in [0, 0.1) is 0 Å². The quantitative estimate of drug-likeness (QED) is 0.229. The van der Waals surface area contributed by atoms with Gasteiger partial charge < -0.3 is 24.4 Å². The molecule has 9 heteroatoms. The number of hydrogen-bond donors (Lipinski definition) is 2. The van der Waals surface area contributed by atoms with Crippen LogP contribution < -0.4 is 19.1 Å². The molecule has 8 nitrogen and oxygen atoms in total. The van der Waals surface area contributed by atoms with Crippen molar-refractivity contribution < 1.29 is 34.0 Å². The Balaban J connectivity index is 1.94. The molecule has 1 fully saturated rings. The normalized spacial score (nSPS) is 16.6. The molecule has 1 heterocycles. The van der Waals surface area contributed by atoms with Crippen LogP contribution in [0.25, 0.3) is 5.76 Å². The largest absolute Gasteiger partial charge is 0.508 e. The number of methoxy groups -OCH3 is 1. The summed E-state index contributed by atoms with van der Waals surface area (Å²) in [6.45, 7) is 4.38. The first-order valence-electron chi connectivity index (χ1n) is 11.6. The molecule has 0 aliphatic carbocycles. The number of phenols is 1. The Morgan fingerprint density at radius 1 is 0.946 bits per heavy atom. The summed E-state index contributed by atoms with van der Waals surface area (Å²) in [4.78, 5) is 28.1. The molecule has 1 aliphatic heterocycles. The number of anilines is 1. The van der Waals surface area contributed by atoms with Crippen molar-refractivity contribution in [2.45, 2.75) is 19.9 Å². The second-order valence-corrected chi connectivity index (χ2v) is 8.51. The van der Waals surface area contributed by atoms with Crippen molar-refractivity contribution in [1.29, 1.82) is 0 Å². The number of amides is 1. The number of phenolic OH excluding ortho intramolecular Hbond substituents is 1. The summed E-state index contributed by atoms with van der Waals surface area (Å²) >= 11 is 6.33. The van der Waals surface area contributed by atoms with Crippen LogP contribution in [0.3, 0.4) is 0 Å². The summed E-state index contributed by atoms with van der Waals surface area (Å²) < 4.78 is 16.5. The summed E-state index contributed by atoms with van der Waals surface area (Å²) in [5.74, 6) is -0.870. The molecule has 1 saturated heterocycles. The Morgan fingerprint density at radius 2 is 1.65 bits per heavy atom. The maximum Gasteiger partial charge on any atom is 0.300 e. The number of Topliss-reactive ketones (excluding diaryl/α,β-unsaturated/α-hetero) is 1. The van der Waals surface area contributed by atoms with Crippen molar-refractivity contribution in [3.63, 3.8) is 0 Å². The number of aromatic hydroxyl groups is 1. The second kappa shape index (κ2) is 10.8. The maximum absolute atomic E-state index is 13.4. The van der Waals surface area contributed by atoms with Crippen LogP contribution >= 0.6 is 11.6 Å². The molecule has 192 valence electrons. The number of carbonyl (C=O) groups excluding carboxylic acids is 2. The molecule has 1 unspecified atom stereocenters. The molecule has 3 aromatic rings. The minimum absolute atomic E-state index is 0.0124. The molecule has 1 amide bonds. The highest BCUT2D eigenvalue weighted by atomic mass is 35.5. The summed E-state index contributed by atoms with van der Waals surface area (Å²) in [6, 6.07) is 14.6. The van der Waals surface area contributed by atoms with Crippen molar-refractivity contribution >= 4 is 34.7 Å². The van der Waals surface area contributed by atoms with Gasteiger partial charge >= 0.3 is 0 Å². The molecular weight excluding hydrogens is 498 g/mol. The number of rotatable bonds is 8. The van der Waals surface area contributed by atoms with Crippen LogP contribution in [0.4, 0.5) is 5.69 Å². The van der Waals surface area contributed by atoms with Gasteiger partial charge in [-0.15, -0.1) is 0 Å². The third kappa shape index (κ3) is 4.93. The number of halogens is 1. The summed E-state index contributed by atoms with van der Waals surface area (Å²) in [5, 5.41) is 21.6. The fourth-order valence-corrected chi connectivity index (χ4v) is 4.50. The van der Waals surface area contributed by atoms with Crippen LogP contribution in [0.1, 0.15) is 31.0 Å². The van der Waals surface area contributed by atoms with Gasteiger partial charge in [-0.05, 0) is 61.9 Å². The number of hydrogen-bond acceptors (Lipinski definition) is 7. The molecule has 0 radical (unpaired) electrons. The molecule has 1 aliphatic rings. The number of aliphatic hydroxyl groups is 1. The van der Waals surface area contributed by atoms with E-state index in [0.717, 1.165) is 0 Å². The third-order valence-electron chi connectivity index (χ3n) is 5.89. The Kier molecular flexibility index (Phi) is 7.59. The van der Waals surface area contributed by atoms with E-state index in [2.05, 4.69) is 0 Å². The van der Waals surface area contributed by atoms with E-state index >= 15 is 0 Å². The summed E-state index contributed by atoms with van der Waals surface area (Å²) in [6.07, 6.45) is 0. The van der Waals surface area contributed by atoms with Crippen molar-refractivity contribution in [2.75, 3.05) is 25.2 Å². The van der Waals surface area contributed by atoms with E-state index in [-0.39, 0.29) is 21.9 Å². The number of carbonyl (C=O) groups is 2. The van der Waals surface area contributed by atoms with E-state index in [1.54, 1.807) is 49.4 Å². The predicted molar refractivity (Wildman–Crippen MR) is 140 cm³/mol. The van der Waals surface area contributed by atoms with Crippen LogP contribution in [0.15, 0.2) is 66.2 Å². The maximum atomic E-state index is 13.4. The lowest BCUT2D eigenvalue weighted by Crippen LogP contribution is -2.29. The molecule has 0 bridgehead atoms. The van der Waals surface area contributed by atoms with Crippen molar-refractivity contribution in [1.82, 2.24) is 0 Å². The number of nitrogens with zero attached hydrogens (tertiary/aromatic N) is 1. The van der Waals surface area contributed by atoms with Gasteiger partial charge in [-0.25, -0.2) is 0 Å². The van der Waals surface area contributed by atoms with E-state index < -0.39 is 23.5 Å². The minimum atomic E-state index is -1.01. The molecule has 0 saturated carbocycles. The van der Waals surface area contributed by atoms with Gasteiger partial charge in [0.2, 0.25) is 0 Å². The molecule has 0 aromatic heterocycles. The zero-order valence-corrected chi connectivity index (χ0v) is 21.3. The Labute approximate surface area is 219 Å². The van der Waals surface area contributed by atoms with Crippen molar-refractivity contribution in [3.8, 4) is 23.0 Å². The van der Waals surface area contributed by atoms with Gasteiger partial charge in [0.15, 0.2) is 0 Å². The Bertz CT molecular complexity index is 1370. The lowest BCUT2D eigenvalue weighted by atomic mass is 9.94. The average Bonchev–Trinajstić information content (AvgIpc) is 3.15. The lowest BCUT2D eigenvalue weighted by molar-refractivity contribution is -0.132. The molecule has 37 heavy (non-hydrogen) atoms. The van der Waals surface area contributed by atoms with Crippen LogP contribution in [-0.2, 0) is 9.59 Å². The average molecular weight is 524 g/mol. The highest BCUT2D eigenvalue weighted by Crippen LogP contribution is 2.45. The molecule has 4 rings (SSSR count). The van der Waals surface area contributed by atoms with Crippen molar-refractivity contribution in [2.24, 2.45) is 0 Å². The topological polar surface area (TPSA) is 106 Å². The number of aliphatic hydroxyl groups excluding tert-OH is 1. The predicted octanol–water partition coefficient (Wildman–Crippen LogP) is 5.48. The van der Waals surface area contributed by atoms with Gasteiger partial charge in [-0.1, -0.05) is 23.7 Å². The van der Waals surface area contributed by atoms with Crippen LogP contribution in [-0.4, -0.2) is 42.2 Å². The Hall–Kier alpha value is -4.17. The standard InChI is InChI=1S/C28H26ClNO7/c1-4-36-19-11-12-20(23(15-19)37-5-2)26(32)24-25(16-6-9-18(31)10-7-16)30(28(34)27(24)33)17-8-13-22(35-3)21(29)14-17/h6-15,25,31-32H,4-5H2,1-3H3/b26-24-. The fourth-order valence-electron chi connectivity index (χ4n) is 4.25. The molecular formula is C28H26ClNO7. The van der Waals surface area contributed by atoms with Gasteiger partial charge in [-0.3, -0.25) is 14.5 Å². The van der Waals surface area contributed by atoms with E-state index in [0.29, 0.717) is 41.7 Å². The number of ketones is 1. The number of benzene rings is 3. The minimum Gasteiger partial charge on any atom is -0.508 e. The van der Waals surface area contributed by atoms with E-state index in [1.807, 2.05) is 6.92 Å². The molecule has 2 N–H and O–H groups in total. The van der Waals surface area contributed by atoms with Gasteiger partial charge in [0.05, 0.1) is 42.5 Å². The van der Waals surface area contributed by atoms with Gasteiger partial charge in [-0.2, -0.15) is 0 Å². The first-order valence-corrected chi connectivity index (χ1v) is 12.0. The molecule has 3 aromatic carbocycles. The van der Waals surface area contributed by atoms with E-state index in [1.165, 1.54) is 30.2 Å². The smallest absolute Gasteiger partial charge is 0.300 e. The second-order valence-electron chi connectivity index (χ2n) is 8.10. The SMILES string of the molecule is CCOc1ccc(/C(O)=C2/C(=O)C(=O)N(c3ccc(OC)c(Cl)c3)C2c2ccc(O)cc2)c(OCC)c1. The van der Waals surface area contributed by atoms with Crippen LogP contribution in [0.5, 0.6) is 23.0 Å². The van der Waals surface area contributed by atoms with Crippen LogP contribution in [0.2, 0.25) is 5.02 Å². The van der Waals surface area contributed by atoms with Gasteiger partial charge in [0.1, 0.15) is 28.8 Å². The zero-order valence-electron chi connectivity index (χ0n) is 20.5. The zero-order chi connectivity index (χ0) is 26.7. The first kappa shape index (κ1) is 25.9. The highest BCUT2D eigenvalue weighted by molar-refractivity contribution is 6.52. The van der Waals surface area contributed by atoms with Gasteiger partial charge in [0.25, 0.3) is 11.7 Å². The highest BCUT2D eigenvalue weighted by Gasteiger charge is 2.47. The fraction of sp³-hybridized carbons (Fsp3) is 0.214. The monoisotopic (exact) mass is 523 g/mol. The molecule has 1 atom stereocenters. The first-order chi connectivity index (χ1) is 17.8. The Morgan fingerprint density at radius 3 is 2.27 bits per heavy atom. The van der Waals surface area contributed by atoms with Crippen molar-refractivity contribution in [3.05, 3.63) is 82.4 Å². The summed E-state index contributed by atoms with van der Waals surface area (Å²) in [5.41, 5.74) is 0.934. The lowest BCUT2D eigenvalue weighted by Gasteiger charge is -2.26. The molecule has 0 spiro atoms. The summed E-state index contributed by atoms with van der Waals surface area (Å²) in [7, 11) is 1.47. The van der Waals surface area contributed by atoms with Gasteiger partial charge in [0, 0.05) is 11.8 Å².